The Morgan fingerprint density at radius 2 is 1.76 bits per heavy atom. The molecular weight excluding hydrogens is 228 g/mol. The molecule has 0 bridgehead atoms. The summed E-state index contributed by atoms with van der Waals surface area (Å²) in [5.41, 5.74) is 1.30. The van der Waals surface area contributed by atoms with Gasteiger partial charge in [-0.1, -0.05) is 12.1 Å². The zero-order valence-corrected chi connectivity index (χ0v) is 9.58. The zero-order chi connectivity index (χ0) is 11.8. The van der Waals surface area contributed by atoms with Crippen LogP contribution in [0.25, 0.3) is 25.0 Å². The lowest BCUT2D eigenvalue weighted by Gasteiger charge is -1.93. The van der Waals surface area contributed by atoms with E-state index < -0.39 is 0 Å². The number of hydrogen-bond donors (Lipinski definition) is 0. The van der Waals surface area contributed by atoms with Crippen molar-refractivity contribution >= 4 is 37.2 Å². The van der Waals surface area contributed by atoms with E-state index >= 15 is 0 Å². The van der Waals surface area contributed by atoms with Gasteiger partial charge < -0.3 is 0 Å². The maximum atomic E-state index is 8.91. The Bertz CT molecular complexity index is 747. The highest BCUT2D eigenvalue weighted by atomic mass is 32.1. The van der Waals surface area contributed by atoms with E-state index in [1.54, 1.807) is 11.3 Å². The molecule has 0 saturated heterocycles. The lowest BCUT2D eigenvalue weighted by atomic mass is 10.1. The van der Waals surface area contributed by atoms with Crippen LogP contribution in [0.4, 0.5) is 5.69 Å². The SMILES string of the molecule is [C-]#[N+]c1ccc2sc3ccc(C#N)cc3c2c1. The predicted molar refractivity (Wildman–Crippen MR) is 70.3 cm³/mol. The molecule has 0 saturated carbocycles. The highest BCUT2D eigenvalue weighted by molar-refractivity contribution is 7.25. The molecule has 0 aliphatic heterocycles. The minimum Gasteiger partial charge on any atom is -0.238 e. The van der Waals surface area contributed by atoms with Gasteiger partial charge in [-0.25, -0.2) is 4.85 Å². The standard InChI is InChI=1S/C14H6N2S/c1-16-10-3-5-14-12(7-10)11-6-9(8-15)2-4-13(11)17-14/h2-7H. The summed E-state index contributed by atoms with van der Waals surface area (Å²) in [7, 11) is 0. The molecule has 1 heterocycles. The molecule has 2 aromatic carbocycles. The first-order chi connectivity index (χ1) is 8.31. The van der Waals surface area contributed by atoms with E-state index in [2.05, 4.69) is 10.9 Å². The molecule has 2 nitrogen and oxygen atoms in total. The Balaban J connectivity index is 2.47. The quantitative estimate of drug-likeness (QED) is 0.527. The first kappa shape index (κ1) is 9.84. The van der Waals surface area contributed by atoms with Crippen LogP contribution in [0.2, 0.25) is 0 Å². The normalized spacial score (nSPS) is 10.2. The fraction of sp³-hybridized carbons (Fsp3) is 0. The molecule has 0 spiro atoms. The molecule has 3 rings (SSSR count). The van der Waals surface area contributed by atoms with Gasteiger partial charge in [0, 0.05) is 14.8 Å². The molecule has 0 atom stereocenters. The summed E-state index contributed by atoms with van der Waals surface area (Å²) < 4.78 is 2.31. The second-order valence-corrected chi connectivity index (χ2v) is 4.80. The molecule has 0 amide bonds. The Hall–Kier alpha value is -2.36. The van der Waals surface area contributed by atoms with Gasteiger partial charge in [0.1, 0.15) is 0 Å². The van der Waals surface area contributed by atoms with Gasteiger partial charge in [0.2, 0.25) is 0 Å². The van der Waals surface area contributed by atoms with Crippen molar-refractivity contribution in [1.29, 1.82) is 5.26 Å². The summed E-state index contributed by atoms with van der Waals surface area (Å²) in [6, 6.07) is 13.5. The van der Waals surface area contributed by atoms with Gasteiger partial charge in [0.15, 0.2) is 5.69 Å². The summed E-state index contributed by atoms with van der Waals surface area (Å²) in [5, 5.41) is 11.0. The van der Waals surface area contributed by atoms with Crippen molar-refractivity contribution in [3.05, 3.63) is 53.4 Å². The first-order valence-electron chi connectivity index (χ1n) is 5.06. The van der Waals surface area contributed by atoms with E-state index in [1.807, 2.05) is 36.4 Å². The van der Waals surface area contributed by atoms with E-state index in [-0.39, 0.29) is 0 Å². The van der Waals surface area contributed by atoms with Gasteiger partial charge >= 0.3 is 0 Å². The number of thiophene rings is 1. The maximum absolute atomic E-state index is 8.91. The first-order valence-corrected chi connectivity index (χ1v) is 5.87. The van der Waals surface area contributed by atoms with E-state index in [0.717, 1.165) is 20.2 Å². The number of nitrogens with zero attached hydrogens (tertiary/aromatic N) is 2. The van der Waals surface area contributed by atoms with Crippen LogP contribution < -0.4 is 0 Å². The summed E-state index contributed by atoms with van der Waals surface area (Å²) in [4.78, 5) is 3.44. The fourth-order valence-corrected chi connectivity index (χ4v) is 2.97. The summed E-state index contributed by atoms with van der Waals surface area (Å²) in [6.07, 6.45) is 0. The minimum absolute atomic E-state index is 0.638. The molecule has 0 unspecified atom stereocenters. The van der Waals surface area contributed by atoms with Crippen molar-refractivity contribution in [2.75, 3.05) is 0 Å². The molecule has 3 heteroatoms. The van der Waals surface area contributed by atoms with Crippen LogP contribution in [-0.2, 0) is 0 Å². The average Bonchev–Trinajstić information content (AvgIpc) is 2.75. The topological polar surface area (TPSA) is 28.1 Å². The van der Waals surface area contributed by atoms with Crippen molar-refractivity contribution in [2.45, 2.75) is 0 Å². The van der Waals surface area contributed by atoms with Crippen molar-refractivity contribution < 1.29 is 0 Å². The molecular formula is C14H6N2S. The number of hydrogen-bond acceptors (Lipinski definition) is 2. The monoisotopic (exact) mass is 234 g/mol. The summed E-state index contributed by atoms with van der Waals surface area (Å²) >= 11 is 1.69. The van der Waals surface area contributed by atoms with Crippen LogP contribution in [-0.4, -0.2) is 0 Å². The number of nitriles is 1. The predicted octanol–water partition coefficient (Wildman–Crippen LogP) is 4.48. The molecule has 3 aromatic rings. The van der Waals surface area contributed by atoms with Crippen molar-refractivity contribution in [3.8, 4) is 6.07 Å². The van der Waals surface area contributed by atoms with Gasteiger partial charge in [-0.15, -0.1) is 11.3 Å². The van der Waals surface area contributed by atoms with E-state index in [0.29, 0.717) is 11.3 Å². The summed E-state index contributed by atoms with van der Waals surface area (Å²) in [5.74, 6) is 0. The molecule has 0 fully saturated rings. The second-order valence-electron chi connectivity index (χ2n) is 3.72. The molecule has 17 heavy (non-hydrogen) atoms. The average molecular weight is 234 g/mol. The smallest absolute Gasteiger partial charge is 0.187 e. The molecule has 1 aromatic heterocycles. The van der Waals surface area contributed by atoms with E-state index in [1.165, 1.54) is 0 Å². The van der Waals surface area contributed by atoms with Crippen LogP contribution in [0.5, 0.6) is 0 Å². The number of rotatable bonds is 0. The molecule has 78 valence electrons. The molecule has 0 N–H and O–H groups in total. The third-order valence-corrected chi connectivity index (χ3v) is 3.86. The lowest BCUT2D eigenvalue weighted by Crippen LogP contribution is -1.72. The lowest BCUT2D eigenvalue weighted by molar-refractivity contribution is 1.50. The van der Waals surface area contributed by atoms with Gasteiger partial charge in [-0.2, -0.15) is 5.26 Å². The Labute approximate surface area is 102 Å². The molecule has 0 radical (unpaired) electrons. The van der Waals surface area contributed by atoms with Gasteiger partial charge in [-0.05, 0) is 29.7 Å². The Morgan fingerprint density at radius 3 is 2.47 bits per heavy atom. The minimum atomic E-state index is 0.638. The fourth-order valence-electron chi connectivity index (χ4n) is 1.90. The van der Waals surface area contributed by atoms with Crippen molar-refractivity contribution in [1.82, 2.24) is 0 Å². The Kier molecular flexibility index (Phi) is 2.08. The van der Waals surface area contributed by atoms with Crippen LogP contribution in [0.3, 0.4) is 0 Å². The molecule has 0 aliphatic rings. The van der Waals surface area contributed by atoms with Gasteiger partial charge in [0.25, 0.3) is 0 Å². The van der Waals surface area contributed by atoms with E-state index in [9.17, 15) is 0 Å². The maximum Gasteiger partial charge on any atom is 0.187 e. The number of benzene rings is 2. The van der Waals surface area contributed by atoms with Crippen LogP contribution in [0.15, 0.2) is 36.4 Å². The highest BCUT2D eigenvalue weighted by Crippen LogP contribution is 2.36. The number of fused-ring (bicyclic) bond motifs is 3. The zero-order valence-electron chi connectivity index (χ0n) is 8.77. The third-order valence-electron chi connectivity index (χ3n) is 2.71. The highest BCUT2D eigenvalue weighted by Gasteiger charge is 2.06. The molecule has 0 aliphatic carbocycles. The third kappa shape index (κ3) is 1.45. The van der Waals surface area contributed by atoms with Crippen LogP contribution in [0, 0.1) is 17.9 Å². The van der Waals surface area contributed by atoms with Crippen molar-refractivity contribution in [3.63, 3.8) is 0 Å². The summed E-state index contributed by atoms with van der Waals surface area (Å²) in [6.45, 7) is 7.03. The van der Waals surface area contributed by atoms with Gasteiger partial charge in [0.05, 0.1) is 18.2 Å². The van der Waals surface area contributed by atoms with Crippen molar-refractivity contribution in [2.24, 2.45) is 0 Å². The largest absolute Gasteiger partial charge is 0.238 e. The van der Waals surface area contributed by atoms with Crippen LogP contribution in [0.1, 0.15) is 5.56 Å². The van der Waals surface area contributed by atoms with E-state index in [4.69, 9.17) is 11.8 Å². The van der Waals surface area contributed by atoms with Crippen LogP contribution >= 0.6 is 11.3 Å². The van der Waals surface area contributed by atoms with Gasteiger partial charge in [-0.3, -0.25) is 0 Å². The second kappa shape index (κ2) is 3.59. The Morgan fingerprint density at radius 1 is 1.06 bits per heavy atom.